The van der Waals surface area contributed by atoms with Crippen molar-refractivity contribution in [3.05, 3.63) is 76.4 Å². The second-order valence-electron chi connectivity index (χ2n) is 8.78. The van der Waals surface area contributed by atoms with E-state index in [1.807, 2.05) is 11.9 Å². The Morgan fingerprint density at radius 1 is 1.11 bits per heavy atom. The van der Waals surface area contributed by atoms with Gasteiger partial charge in [-0.1, -0.05) is 12.2 Å². The van der Waals surface area contributed by atoms with Gasteiger partial charge in [-0.25, -0.2) is 18.0 Å². The Hall–Kier alpha value is -3.79. The molecular formula is C25H22F3N3O4. The summed E-state index contributed by atoms with van der Waals surface area (Å²) in [5, 5.41) is 12.1. The van der Waals surface area contributed by atoms with Crippen molar-refractivity contribution in [2.24, 2.45) is 11.8 Å². The number of allylic oxidation sites excluding steroid dienone is 1. The lowest BCUT2D eigenvalue weighted by molar-refractivity contribution is 0.144. The molecule has 7 nitrogen and oxygen atoms in total. The summed E-state index contributed by atoms with van der Waals surface area (Å²) in [6.07, 6.45) is 4.36. The molecule has 10 heteroatoms. The third-order valence-corrected chi connectivity index (χ3v) is 6.82. The van der Waals surface area contributed by atoms with Gasteiger partial charge in [-0.05, 0) is 43.7 Å². The predicted molar refractivity (Wildman–Crippen MR) is 124 cm³/mol. The number of benzene rings is 2. The second-order valence-corrected chi connectivity index (χ2v) is 8.78. The largest absolute Gasteiger partial charge is 0.511 e. The molecule has 2 aliphatic rings. The van der Waals surface area contributed by atoms with Gasteiger partial charge in [-0.2, -0.15) is 0 Å². The van der Waals surface area contributed by atoms with Crippen molar-refractivity contribution in [3.8, 4) is 11.4 Å². The number of nitrogens with one attached hydrogen (secondary N) is 1. The Morgan fingerprint density at radius 2 is 1.89 bits per heavy atom. The van der Waals surface area contributed by atoms with Gasteiger partial charge in [0.2, 0.25) is 5.43 Å². The molecule has 3 atom stereocenters. The van der Waals surface area contributed by atoms with Crippen LogP contribution in [0.5, 0.6) is 5.75 Å². The number of carboxylic acid groups (broad SMARTS) is 1. The molecule has 1 aliphatic heterocycles. The van der Waals surface area contributed by atoms with Crippen LogP contribution >= 0.6 is 0 Å². The summed E-state index contributed by atoms with van der Waals surface area (Å²) in [7, 11) is 1.88. The molecule has 0 bridgehead atoms. The Bertz CT molecular complexity index is 1420. The number of nitrogens with zero attached hydrogens (tertiary/aromatic N) is 2. The zero-order valence-electron chi connectivity index (χ0n) is 18.7. The quantitative estimate of drug-likeness (QED) is 0.428. The van der Waals surface area contributed by atoms with Crippen LogP contribution in [0.25, 0.3) is 16.6 Å². The van der Waals surface area contributed by atoms with Crippen LogP contribution in [0.4, 0.5) is 23.7 Å². The van der Waals surface area contributed by atoms with Gasteiger partial charge < -0.3 is 24.6 Å². The van der Waals surface area contributed by atoms with Crippen molar-refractivity contribution in [1.82, 2.24) is 9.88 Å². The normalized spacial score (nSPS) is 21.4. The van der Waals surface area contributed by atoms with Crippen LogP contribution in [0.15, 0.2) is 53.5 Å². The van der Waals surface area contributed by atoms with Crippen LogP contribution in [-0.4, -0.2) is 42.0 Å². The average Bonchev–Trinajstić information content (AvgIpc) is 3.25. The maximum atomic E-state index is 15.4. The van der Waals surface area contributed by atoms with Crippen LogP contribution in [0.3, 0.4) is 0 Å². The first-order valence-corrected chi connectivity index (χ1v) is 11.1. The lowest BCUT2D eigenvalue weighted by atomic mass is 9.82. The maximum absolute atomic E-state index is 15.4. The van der Waals surface area contributed by atoms with E-state index in [-0.39, 0.29) is 34.2 Å². The number of likely N-dealkylation sites (N-methyl/N-ethyl adjacent to an activating group) is 1. The lowest BCUT2D eigenvalue weighted by Crippen LogP contribution is -2.38. The molecule has 3 unspecified atom stereocenters. The number of hydrogen-bond acceptors (Lipinski definition) is 5. The monoisotopic (exact) mass is 485 g/mol. The predicted octanol–water partition coefficient (Wildman–Crippen LogP) is 4.07. The standard InChI is InChI=1S/C25H22F3N3O4/c1-29-19-4-2-3-13-10-30(11-16(13)19)22-9-21-15(8-18(22)28)24(32)23(35-25(33)34)12-31(21)20-6-5-14(26)7-17(20)27/h2,4-9,12-13,16,19,29H,3,10-11H2,1H3,(H,33,34). The molecule has 2 aromatic carbocycles. The molecule has 5 rings (SSSR count). The number of hydrogen-bond donors (Lipinski definition) is 2. The molecule has 1 aromatic heterocycles. The van der Waals surface area contributed by atoms with Gasteiger partial charge in [0.05, 0.1) is 28.5 Å². The fourth-order valence-electron chi connectivity index (χ4n) is 5.20. The molecule has 182 valence electrons. The van der Waals surface area contributed by atoms with Gasteiger partial charge in [0.15, 0.2) is 5.75 Å². The zero-order chi connectivity index (χ0) is 24.9. The summed E-state index contributed by atoms with van der Waals surface area (Å²) in [5.41, 5.74) is -0.642. The van der Waals surface area contributed by atoms with Gasteiger partial charge in [0.25, 0.3) is 0 Å². The Balaban J connectivity index is 1.68. The summed E-state index contributed by atoms with van der Waals surface area (Å²) in [5.74, 6) is -2.47. The highest BCUT2D eigenvalue weighted by Gasteiger charge is 2.38. The first-order valence-electron chi connectivity index (χ1n) is 11.1. The highest BCUT2D eigenvalue weighted by molar-refractivity contribution is 5.86. The fourth-order valence-corrected chi connectivity index (χ4v) is 5.20. The van der Waals surface area contributed by atoms with Crippen molar-refractivity contribution >= 4 is 22.7 Å². The molecule has 0 saturated carbocycles. The second kappa shape index (κ2) is 8.77. The number of halogens is 3. The van der Waals surface area contributed by atoms with E-state index in [0.717, 1.165) is 30.8 Å². The summed E-state index contributed by atoms with van der Waals surface area (Å²) >= 11 is 0. The fraction of sp³-hybridized carbons (Fsp3) is 0.280. The van der Waals surface area contributed by atoms with Crippen molar-refractivity contribution in [2.45, 2.75) is 12.5 Å². The molecule has 3 aromatic rings. The van der Waals surface area contributed by atoms with E-state index in [0.29, 0.717) is 25.1 Å². The third-order valence-electron chi connectivity index (χ3n) is 6.82. The minimum Gasteiger partial charge on any atom is -0.449 e. The number of carbonyl (C=O) groups is 1. The summed E-state index contributed by atoms with van der Waals surface area (Å²) < 4.78 is 49.4. The topological polar surface area (TPSA) is 83.8 Å². The number of aromatic nitrogens is 1. The maximum Gasteiger partial charge on any atom is 0.511 e. The SMILES string of the molecule is CNC1C=CCC2CN(c3cc4c(cc3F)c(=O)c(OC(=O)O)cn4-c3ccc(F)cc3F)CC21. The van der Waals surface area contributed by atoms with E-state index in [1.54, 1.807) is 0 Å². The van der Waals surface area contributed by atoms with Crippen LogP contribution in [0.1, 0.15) is 6.42 Å². The van der Waals surface area contributed by atoms with Crippen molar-refractivity contribution in [2.75, 3.05) is 25.0 Å². The van der Waals surface area contributed by atoms with Crippen molar-refractivity contribution in [3.63, 3.8) is 0 Å². The van der Waals surface area contributed by atoms with E-state index in [4.69, 9.17) is 5.11 Å². The molecule has 2 heterocycles. The Kier molecular flexibility index (Phi) is 5.76. The van der Waals surface area contributed by atoms with Crippen molar-refractivity contribution < 1.29 is 27.8 Å². The first-order chi connectivity index (χ1) is 16.8. The lowest BCUT2D eigenvalue weighted by Gasteiger charge is -2.28. The molecule has 2 N–H and O–H groups in total. The van der Waals surface area contributed by atoms with Crippen LogP contribution in [-0.2, 0) is 0 Å². The van der Waals surface area contributed by atoms with Gasteiger partial charge >= 0.3 is 6.16 Å². The molecule has 1 saturated heterocycles. The van der Waals surface area contributed by atoms with E-state index in [2.05, 4.69) is 22.2 Å². The smallest absolute Gasteiger partial charge is 0.449 e. The van der Waals surface area contributed by atoms with Crippen molar-refractivity contribution in [1.29, 1.82) is 0 Å². The molecule has 1 aliphatic carbocycles. The molecular weight excluding hydrogens is 463 g/mol. The van der Waals surface area contributed by atoms with E-state index < -0.39 is 34.8 Å². The van der Waals surface area contributed by atoms with Crippen LogP contribution in [0, 0.1) is 29.3 Å². The summed E-state index contributed by atoms with van der Waals surface area (Å²) in [4.78, 5) is 25.9. The van der Waals surface area contributed by atoms with Crippen LogP contribution in [0.2, 0.25) is 0 Å². The Labute approximate surface area is 198 Å². The minimum absolute atomic E-state index is 0.132. The minimum atomic E-state index is -1.75. The zero-order valence-corrected chi connectivity index (χ0v) is 18.7. The third kappa shape index (κ3) is 4.03. The van der Waals surface area contributed by atoms with Gasteiger partial charge in [0.1, 0.15) is 17.5 Å². The molecule has 0 spiro atoms. The molecule has 1 fully saturated rings. The average molecular weight is 485 g/mol. The number of anilines is 1. The number of fused-ring (bicyclic) bond motifs is 2. The molecule has 35 heavy (non-hydrogen) atoms. The van der Waals surface area contributed by atoms with Crippen LogP contribution < -0.4 is 20.4 Å². The van der Waals surface area contributed by atoms with Gasteiger partial charge in [-0.3, -0.25) is 4.79 Å². The summed E-state index contributed by atoms with van der Waals surface area (Å²) in [6.45, 7) is 1.18. The van der Waals surface area contributed by atoms with Gasteiger partial charge in [-0.15, -0.1) is 0 Å². The number of ether oxygens (including phenoxy) is 1. The van der Waals surface area contributed by atoms with E-state index in [1.165, 1.54) is 10.6 Å². The number of rotatable bonds is 4. The Morgan fingerprint density at radius 3 is 2.60 bits per heavy atom. The highest BCUT2D eigenvalue weighted by Crippen LogP contribution is 2.38. The summed E-state index contributed by atoms with van der Waals surface area (Å²) in [6, 6.07) is 5.45. The number of pyridine rings is 1. The van der Waals surface area contributed by atoms with Gasteiger partial charge in [0, 0.05) is 31.1 Å². The van der Waals surface area contributed by atoms with E-state index in [9.17, 15) is 18.4 Å². The molecule has 0 amide bonds. The highest BCUT2D eigenvalue weighted by atomic mass is 19.1. The first kappa shape index (κ1) is 23.0. The van der Waals surface area contributed by atoms with E-state index >= 15 is 4.39 Å². The molecule has 0 radical (unpaired) electrons.